The van der Waals surface area contributed by atoms with E-state index in [0.717, 1.165) is 9.40 Å². The number of esters is 1. The summed E-state index contributed by atoms with van der Waals surface area (Å²) < 4.78 is 11.7. The molecule has 5 heteroatoms. The second kappa shape index (κ2) is 5.54. The van der Waals surface area contributed by atoms with Gasteiger partial charge in [-0.05, 0) is 30.3 Å². The molecule has 0 unspecified atom stereocenters. The van der Waals surface area contributed by atoms with E-state index in [-0.39, 0.29) is 12.0 Å². The lowest BCUT2D eigenvalue weighted by Gasteiger charge is -2.06. The minimum absolute atomic E-state index is 0.0251. The molecule has 0 fully saturated rings. The smallest absolute Gasteiger partial charge is 0.343 e. The van der Waals surface area contributed by atoms with E-state index < -0.39 is 5.97 Å². The van der Waals surface area contributed by atoms with Crippen LogP contribution in [0.2, 0.25) is 0 Å². The van der Waals surface area contributed by atoms with Crippen molar-refractivity contribution in [1.29, 1.82) is 0 Å². The Morgan fingerprint density at radius 2 is 1.86 bits per heavy atom. The van der Waals surface area contributed by atoms with Crippen LogP contribution in [0.25, 0.3) is 20.2 Å². The summed E-state index contributed by atoms with van der Waals surface area (Å²) in [6.45, 7) is -0.173. The number of hydrogen-bond acceptors (Lipinski definition) is 5. The Morgan fingerprint density at radius 1 is 1.10 bits per heavy atom. The number of methoxy groups -OCH3 is 1. The van der Waals surface area contributed by atoms with Crippen molar-refractivity contribution in [3.63, 3.8) is 0 Å². The average Bonchev–Trinajstić information content (AvgIpc) is 2.53. The molecule has 1 heterocycles. The van der Waals surface area contributed by atoms with Crippen LogP contribution in [0.3, 0.4) is 0 Å². The number of rotatable bonds is 3. The van der Waals surface area contributed by atoms with Gasteiger partial charge >= 0.3 is 5.97 Å². The molecule has 0 spiro atoms. The van der Waals surface area contributed by atoms with E-state index in [4.69, 9.17) is 4.74 Å². The molecule has 0 aliphatic heterocycles. The van der Waals surface area contributed by atoms with Gasteiger partial charge in [0, 0.05) is 20.2 Å². The molecule has 4 nitrogen and oxygen atoms in total. The van der Waals surface area contributed by atoms with Crippen molar-refractivity contribution in [2.24, 2.45) is 0 Å². The standard InChI is InChI=1S/C16H12O4S/c1-19-15(17)9-20-10-6-7-14-12(8-10)16(18)11-4-2-3-5-13(11)21-14/h2-8H,9H2,1H3. The summed E-state index contributed by atoms with van der Waals surface area (Å²) in [6.07, 6.45) is 0. The van der Waals surface area contributed by atoms with Crippen LogP contribution in [0.15, 0.2) is 47.3 Å². The lowest BCUT2D eigenvalue weighted by Crippen LogP contribution is -2.12. The van der Waals surface area contributed by atoms with Crippen LogP contribution in [0.1, 0.15) is 0 Å². The quantitative estimate of drug-likeness (QED) is 0.551. The molecule has 0 saturated carbocycles. The molecule has 0 radical (unpaired) electrons. The van der Waals surface area contributed by atoms with E-state index >= 15 is 0 Å². The molecule has 0 N–H and O–H groups in total. The van der Waals surface area contributed by atoms with Crippen molar-refractivity contribution < 1.29 is 14.3 Å². The molecule has 0 bridgehead atoms. The summed E-state index contributed by atoms with van der Waals surface area (Å²) in [7, 11) is 1.30. The number of carbonyl (C=O) groups is 1. The van der Waals surface area contributed by atoms with Gasteiger partial charge in [0.05, 0.1) is 7.11 Å². The highest BCUT2D eigenvalue weighted by Gasteiger charge is 2.08. The zero-order valence-corrected chi connectivity index (χ0v) is 12.1. The molecule has 0 aliphatic rings. The van der Waals surface area contributed by atoms with Crippen molar-refractivity contribution in [2.75, 3.05) is 13.7 Å². The summed E-state index contributed by atoms with van der Waals surface area (Å²) in [4.78, 5) is 23.6. The maximum Gasteiger partial charge on any atom is 0.343 e. The van der Waals surface area contributed by atoms with Crippen molar-refractivity contribution in [1.82, 2.24) is 0 Å². The number of ether oxygens (including phenoxy) is 2. The summed E-state index contributed by atoms with van der Waals surface area (Å²) in [5.74, 6) is 0.0197. The van der Waals surface area contributed by atoms with Gasteiger partial charge < -0.3 is 9.47 Å². The van der Waals surface area contributed by atoms with Crippen LogP contribution in [0.5, 0.6) is 5.75 Å². The molecule has 2 aromatic carbocycles. The molecule has 21 heavy (non-hydrogen) atoms. The Hall–Kier alpha value is -2.40. The van der Waals surface area contributed by atoms with E-state index in [1.807, 2.05) is 30.3 Å². The van der Waals surface area contributed by atoms with Gasteiger partial charge in [0.15, 0.2) is 12.0 Å². The fraction of sp³-hybridized carbons (Fsp3) is 0.125. The Balaban J connectivity index is 2.08. The Bertz CT molecular complexity index is 882. The molecule has 0 amide bonds. The van der Waals surface area contributed by atoms with Crippen molar-refractivity contribution in [3.05, 3.63) is 52.7 Å². The minimum atomic E-state index is -0.459. The zero-order valence-electron chi connectivity index (χ0n) is 11.3. The highest BCUT2D eigenvalue weighted by atomic mass is 32.1. The largest absolute Gasteiger partial charge is 0.482 e. The summed E-state index contributed by atoms with van der Waals surface area (Å²) in [5.41, 5.74) is -0.0251. The van der Waals surface area contributed by atoms with Crippen LogP contribution in [0, 0.1) is 0 Å². The van der Waals surface area contributed by atoms with Crippen molar-refractivity contribution >= 4 is 37.5 Å². The number of carbonyl (C=O) groups excluding carboxylic acids is 1. The molecular weight excluding hydrogens is 288 g/mol. The molecule has 3 aromatic rings. The minimum Gasteiger partial charge on any atom is -0.482 e. The van der Waals surface area contributed by atoms with Gasteiger partial charge in [0.2, 0.25) is 0 Å². The molecule has 0 aliphatic carbocycles. The molecule has 106 valence electrons. The van der Waals surface area contributed by atoms with E-state index in [1.54, 1.807) is 23.5 Å². The van der Waals surface area contributed by atoms with E-state index in [1.165, 1.54) is 7.11 Å². The zero-order chi connectivity index (χ0) is 14.8. The second-order valence-corrected chi connectivity index (χ2v) is 5.53. The highest BCUT2D eigenvalue weighted by molar-refractivity contribution is 7.24. The van der Waals surface area contributed by atoms with E-state index in [2.05, 4.69) is 4.74 Å². The van der Waals surface area contributed by atoms with Crippen LogP contribution in [-0.2, 0) is 9.53 Å². The van der Waals surface area contributed by atoms with E-state index in [9.17, 15) is 9.59 Å². The van der Waals surface area contributed by atoms with Gasteiger partial charge in [-0.25, -0.2) is 4.79 Å². The molecule has 0 atom stereocenters. The average molecular weight is 300 g/mol. The topological polar surface area (TPSA) is 52.6 Å². The summed E-state index contributed by atoms with van der Waals surface area (Å²) in [5, 5.41) is 1.29. The number of hydrogen-bond donors (Lipinski definition) is 0. The second-order valence-electron chi connectivity index (χ2n) is 4.45. The predicted octanol–water partition coefficient (Wildman–Crippen LogP) is 2.97. The van der Waals surface area contributed by atoms with Crippen LogP contribution >= 0.6 is 11.3 Å². The molecule has 3 rings (SSSR count). The predicted molar refractivity (Wildman–Crippen MR) is 83.1 cm³/mol. The summed E-state index contributed by atoms with van der Waals surface area (Å²) >= 11 is 1.56. The SMILES string of the molecule is COC(=O)COc1ccc2sc3ccccc3c(=O)c2c1. The van der Waals surface area contributed by atoms with Crippen LogP contribution < -0.4 is 10.2 Å². The Labute approximate surface area is 124 Å². The Kier molecular flexibility index (Phi) is 3.58. The third-order valence-electron chi connectivity index (χ3n) is 3.13. The maximum atomic E-state index is 12.5. The van der Waals surface area contributed by atoms with Crippen LogP contribution in [0.4, 0.5) is 0 Å². The maximum absolute atomic E-state index is 12.5. The normalized spacial score (nSPS) is 10.7. The summed E-state index contributed by atoms with van der Waals surface area (Å²) in [6, 6.07) is 12.8. The molecular formula is C16H12O4S. The van der Waals surface area contributed by atoms with Gasteiger partial charge in [-0.1, -0.05) is 12.1 Å². The number of benzene rings is 2. The van der Waals surface area contributed by atoms with Crippen LogP contribution in [-0.4, -0.2) is 19.7 Å². The highest BCUT2D eigenvalue weighted by Crippen LogP contribution is 2.27. The van der Waals surface area contributed by atoms with Crippen molar-refractivity contribution in [2.45, 2.75) is 0 Å². The van der Waals surface area contributed by atoms with Gasteiger partial charge in [0.25, 0.3) is 0 Å². The van der Waals surface area contributed by atoms with Gasteiger partial charge in [0.1, 0.15) is 5.75 Å². The lowest BCUT2D eigenvalue weighted by atomic mass is 10.2. The lowest BCUT2D eigenvalue weighted by molar-refractivity contribution is -0.142. The van der Waals surface area contributed by atoms with E-state index in [0.29, 0.717) is 16.5 Å². The first-order valence-electron chi connectivity index (χ1n) is 6.34. The fourth-order valence-corrected chi connectivity index (χ4v) is 3.13. The third-order valence-corrected chi connectivity index (χ3v) is 4.28. The van der Waals surface area contributed by atoms with Gasteiger partial charge in [-0.3, -0.25) is 4.79 Å². The van der Waals surface area contributed by atoms with Crippen molar-refractivity contribution in [3.8, 4) is 5.75 Å². The van der Waals surface area contributed by atoms with Gasteiger partial charge in [-0.2, -0.15) is 0 Å². The van der Waals surface area contributed by atoms with Gasteiger partial charge in [-0.15, -0.1) is 11.3 Å². The molecule has 1 aromatic heterocycles. The monoisotopic (exact) mass is 300 g/mol. The fourth-order valence-electron chi connectivity index (χ4n) is 2.07. The first-order chi connectivity index (χ1) is 10.2. The Morgan fingerprint density at radius 3 is 2.67 bits per heavy atom. The first-order valence-corrected chi connectivity index (χ1v) is 7.16. The first kappa shape index (κ1) is 13.6. The molecule has 0 saturated heterocycles. The number of fused-ring (bicyclic) bond motifs is 2. The third kappa shape index (κ3) is 2.60.